The Hall–Kier alpha value is -2.20. The fraction of sp³-hybridized carbons (Fsp3) is 0.0714. The number of halogens is 1. The zero-order valence-corrected chi connectivity index (χ0v) is 10.8. The van der Waals surface area contributed by atoms with Gasteiger partial charge in [0.2, 0.25) is 0 Å². The van der Waals surface area contributed by atoms with Crippen LogP contribution in [0.4, 0.5) is 5.69 Å². The molecule has 3 rings (SSSR count). The molecule has 5 heteroatoms. The third-order valence-electron chi connectivity index (χ3n) is 2.96. The van der Waals surface area contributed by atoms with Crippen molar-refractivity contribution in [3.63, 3.8) is 0 Å². The van der Waals surface area contributed by atoms with Crippen molar-refractivity contribution in [1.82, 2.24) is 10.2 Å². The Morgan fingerprint density at radius 1 is 1.21 bits per heavy atom. The normalized spacial score (nSPS) is 10.8. The molecule has 0 amide bonds. The zero-order chi connectivity index (χ0) is 13.2. The Balaban J connectivity index is 1.79. The highest BCUT2D eigenvalue weighted by molar-refractivity contribution is 6.30. The van der Waals surface area contributed by atoms with Gasteiger partial charge in [-0.3, -0.25) is 5.10 Å². The smallest absolute Gasteiger partial charge is 0.120 e. The summed E-state index contributed by atoms with van der Waals surface area (Å²) in [5.74, 6) is 0.237. The van der Waals surface area contributed by atoms with Crippen molar-refractivity contribution < 1.29 is 5.11 Å². The molecule has 1 aromatic heterocycles. The number of anilines is 1. The molecule has 0 unspecified atom stereocenters. The van der Waals surface area contributed by atoms with Gasteiger partial charge in [-0.05, 0) is 36.4 Å². The molecule has 2 aromatic carbocycles. The van der Waals surface area contributed by atoms with Crippen LogP contribution in [0.3, 0.4) is 0 Å². The van der Waals surface area contributed by atoms with Crippen LogP contribution in [0.1, 0.15) is 5.56 Å². The second-order valence-corrected chi connectivity index (χ2v) is 4.74. The van der Waals surface area contributed by atoms with E-state index in [4.69, 9.17) is 11.6 Å². The number of aromatic amines is 1. The number of phenols is 1. The molecule has 19 heavy (non-hydrogen) atoms. The van der Waals surface area contributed by atoms with Crippen LogP contribution in [0.2, 0.25) is 5.02 Å². The van der Waals surface area contributed by atoms with Gasteiger partial charge in [0.05, 0.1) is 11.7 Å². The van der Waals surface area contributed by atoms with Crippen LogP contribution in [0.15, 0.2) is 42.6 Å². The fourth-order valence-corrected chi connectivity index (χ4v) is 2.14. The molecule has 0 aliphatic carbocycles. The van der Waals surface area contributed by atoms with Gasteiger partial charge in [-0.1, -0.05) is 11.6 Å². The molecule has 0 spiro atoms. The average molecular weight is 274 g/mol. The molecule has 0 saturated carbocycles. The Bertz CT molecular complexity index is 724. The predicted molar refractivity (Wildman–Crippen MR) is 76.5 cm³/mol. The monoisotopic (exact) mass is 273 g/mol. The van der Waals surface area contributed by atoms with E-state index in [1.54, 1.807) is 24.4 Å². The largest absolute Gasteiger partial charge is 0.508 e. The van der Waals surface area contributed by atoms with Gasteiger partial charge in [-0.2, -0.15) is 5.10 Å². The number of fused-ring (bicyclic) bond motifs is 1. The van der Waals surface area contributed by atoms with E-state index in [2.05, 4.69) is 15.5 Å². The summed E-state index contributed by atoms with van der Waals surface area (Å²) in [6.45, 7) is 0.510. The van der Waals surface area contributed by atoms with Crippen LogP contribution < -0.4 is 5.32 Å². The van der Waals surface area contributed by atoms with Gasteiger partial charge in [0, 0.05) is 28.2 Å². The van der Waals surface area contributed by atoms with Gasteiger partial charge in [-0.25, -0.2) is 0 Å². The molecule has 0 atom stereocenters. The number of H-pyrrole nitrogens is 1. The van der Waals surface area contributed by atoms with Crippen LogP contribution in [0.5, 0.6) is 5.75 Å². The lowest BCUT2D eigenvalue weighted by molar-refractivity contribution is 0.469. The summed E-state index contributed by atoms with van der Waals surface area (Å²) in [5, 5.41) is 21.5. The third kappa shape index (κ3) is 2.48. The van der Waals surface area contributed by atoms with Crippen molar-refractivity contribution in [3.05, 3.63) is 53.2 Å². The standard InChI is InChI=1S/C14H12ClN3O/c15-11-1-4-14(19)10(5-11)7-16-12-2-3-13-9(6-12)8-17-18-13/h1-6,8,16,19H,7H2,(H,17,18). The quantitative estimate of drug-likeness (QED) is 0.684. The Labute approximate surface area is 115 Å². The van der Waals surface area contributed by atoms with Crippen LogP contribution in [0, 0.1) is 0 Å². The lowest BCUT2D eigenvalue weighted by Gasteiger charge is -2.08. The first-order valence-corrected chi connectivity index (χ1v) is 6.24. The number of rotatable bonds is 3. The molecule has 0 saturated heterocycles. The highest BCUT2D eigenvalue weighted by Crippen LogP contribution is 2.23. The van der Waals surface area contributed by atoms with Gasteiger partial charge in [0.25, 0.3) is 0 Å². The summed E-state index contributed by atoms with van der Waals surface area (Å²) in [6, 6.07) is 10.9. The van der Waals surface area contributed by atoms with Gasteiger partial charge in [0.1, 0.15) is 5.75 Å². The van der Waals surface area contributed by atoms with E-state index in [1.807, 2.05) is 18.2 Å². The molecule has 96 valence electrons. The fourth-order valence-electron chi connectivity index (χ4n) is 1.95. The average Bonchev–Trinajstić information content (AvgIpc) is 2.87. The van der Waals surface area contributed by atoms with Crippen molar-refractivity contribution in [2.45, 2.75) is 6.54 Å². The van der Waals surface area contributed by atoms with Crippen molar-refractivity contribution in [1.29, 1.82) is 0 Å². The van der Waals surface area contributed by atoms with Crippen LogP contribution in [-0.4, -0.2) is 15.3 Å². The minimum atomic E-state index is 0.237. The lowest BCUT2D eigenvalue weighted by Crippen LogP contribution is -1.99. The first kappa shape index (κ1) is 11.9. The van der Waals surface area contributed by atoms with Crippen LogP contribution >= 0.6 is 11.6 Å². The van der Waals surface area contributed by atoms with E-state index in [0.717, 1.165) is 22.2 Å². The summed E-state index contributed by atoms with van der Waals surface area (Å²) in [6.07, 6.45) is 1.78. The van der Waals surface area contributed by atoms with Gasteiger partial charge < -0.3 is 10.4 Å². The number of aromatic hydroxyl groups is 1. The summed E-state index contributed by atoms with van der Waals surface area (Å²) in [5.41, 5.74) is 2.73. The van der Waals surface area contributed by atoms with Crippen molar-refractivity contribution in [2.24, 2.45) is 0 Å². The van der Waals surface area contributed by atoms with E-state index in [0.29, 0.717) is 11.6 Å². The number of aromatic nitrogens is 2. The molecule has 3 aromatic rings. The van der Waals surface area contributed by atoms with Crippen molar-refractivity contribution >= 4 is 28.2 Å². The number of nitrogens with zero attached hydrogens (tertiary/aromatic N) is 1. The number of hydrogen-bond donors (Lipinski definition) is 3. The molecule has 1 heterocycles. The van der Waals surface area contributed by atoms with Crippen molar-refractivity contribution in [2.75, 3.05) is 5.32 Å². The first-order chi connectivity index (χ1) is 9.22. The molecule has 3 N–H and O–H groups in total. The second kappa shape index (κ2) is 4.82. The van der Waals surface area contributed by atoms with Gasteiger partial charge >= 0.3 is 0 Å². The summed E-state index contributed by atoms with van der Waals surface area (Å²) in [4.78, 5) is 0. The van der Waals surface area contributed by atoms with Crippen molar-refractivity contribution in [3.8, 4) is 5.75 Å². The van der Waals surface area contributed by atoms with E-state index < -0.39 is 0 Å². The summed E-state index contributed by atoms with van der Waals surface area (Å²) >= 11 is 5.91. The summed E-state index contributed by atoms with van der Waals surface area (Å²) < 4.78 is 0. The maximum absolute atomic E-state index is 9.74. The molecule has 0 aliphatic heterocycles. The lowest BCUT2D eigenvalue weighted by atomic mass is 10.2. The van der Waals surface area contributed by atoms with Crippen LogP contribution in [0.25, 0.3) is 10.9 Å². The summed E-state index contributed by atoms with van der Waals surface area (Å²) in [7, 11) is 0. The SMILES string of the molecule is Oc1ccc(Cl)cc1CNc1ccc2[nH]ncc2c1. The van der Waals surface area contributed by atoms with E-state index >= 15 is 0 Å². The number of hydrogen-bond acceptors (Lipinski definition) is 3. The van der Waals surface area contributed by atoms with E-state index in [-0.39, 0.29) is 5.75 Å². The highest BCUT2D eigenvalue weighted by Gasteiger charge is 2.03. The topological polar surface area (TPSA) is 60.9 Å². The Kier molecular flexibility index (Phi) is 3.01. The molecular formula is C14H12ClN3O. The Morgan fingerprint density at radius 2 is 2.11 bits per heavy atom. The zero-order valence-electron chi connectivity index (χ0n) is 10.0. The second-order valence-electron chi connectivity index (χ2n) is 4.30. The van der Waals surface area contributed by atoms with Gasteiger partial charge in [-0.15, -0.1) is 0 Å². The number of benzene rings is 2. The molecule has 0 bridgehead atoms. The maximum atomic E-state index is 9.74. The molecular weight excluding hydrogens is 262 g/mol. The minimum absolute atomic E-state index is 0.237. The maximum Gasteiger partial charge on any atom is 0.120 e. The molecule has 0 radical (unpaired) electrons. The Morgan fingerprint density at radius 3 is 3.00 bits per heavy atom. The number of nitrogens with one attached hydrogen (secondary N) is 2. The third-order valence-corrected chi connectivity index (χ3v) is 3.20. The van der Waals surface area contributed by atoms with Gasteiger partial charge in [0.15, 0.2) is 0 Å². The highest BCUT2D eigenvalue weighted by atomic mass is 35.5. The molecule has 4 nitrogen and oxygen atoms in total. The number of phenolic OH excluding ortho intramolecular Hbond substituents is 1. The minimum Gasteiger partial charge on any atom is -0.508 e. The molecule has 0 aliphatic rings. The predicted octanol–water partition coefficient (Wildman–Crippen LogP) is 3.53. The van der Waals surface area contributed by atoms with Crippen LogP contribution in [-0.2, 0) is 6.54 Å². The molecule has 0 fully saturated rings. The van der Waals surface area contributed by atoms with E-state index in [1.165, 1.54) is 0 Å². The first-order valence-electron chi connectivity index (χ1n) is 5.87. The van der Waals surface area contributed by atoms with E-state index in [9.17, 15) is 5.11 Å².